The molecule has 0 aliphatic carbocycles. The molecule has 0 atom stereocenters. The average Bonchev–Trinajstić information content (AvgIpc) is 2.70. The topological polar surface area (TPSA) is 54.4 Å². The number of nitrogens with zero attached hydrogens (tertiary/aromatic N) is 5. The second kappa shape index (κ2) is 8.16. The van der Waals surface area contributed by atoms with Crippen molar-refractivity contribution < 1.29 is 9.13 Å². The maximum absolute atomic E-state index is 13.0. The predicted octanol–water partition coefficient (Wildman–Crippen LogP) is 4.44. The van der Waals surface area contributed by atoms with Gasteiger partial charge in [-0.3, -0.25) is 0 Å². The summed E-state index contributed by atoms with van der Waals surface area (Å²) in [5.41, 5.74) is 0. The molecule has 6 nitrogen and oxygen atoms in total. The first-order chi connectivity index (χ1) is 13.6. The summed E-state index contributed by atoms with van der Waals surface area (Å²) in [6.45, 7) is 2.86. The lowest BCUT2D eigenvalue weighted by Crippen LogP contribution is -2.47. The Labute approximate surface area is 171 Å². The van der Waals surface area contributed by atoms with Crippen LogP contribution in [0.2, 0.25) is 10.0 Å². The standard InChI is InChI=1S/C19H16Cl2FN5O/c20-13-11-16(21)18(24-12-13)26-7-9-27(10-8-26)19-23-6-5-17(25-19)28-15-3-1-14(22)2-4-15/h1-6,11-12H,7-10H2. The van der Waals surface area contributed by atoms with E-state index >= 15 is 0 Å². The minimum absolute atomic E-state index is 0.316. The van der Waals surface area contributed by atoms with Gasteiger partial charge in [0.15, 0.2) is 0 Å². The van der Waals surface area contributed by atoms with Crippen molar-refractivity contribution in [3.8, 4) is 11.6 Å². The summed E-state index contributed by atoms with van der Waals surface area (Å²) in [4.78, 5) is 17.3. The van der Waals surface area contributed by atoms with Gasteiger partial charge in [-0.1, -0.05) is 23.2 Å². The Bertz CT molecular complexity index is 965. The minimum atomic E-state index is -0.316. The summed E-state index contributed by atoms with van der Waals surface area (Å²) >= 11 is 12.2. The van der Waals surface area contributed by atoms with Crippen molar-refractivity contribution in [1.29, 1.82) is 0 Å². The molecule has 0 amide bonds. The van der Waals surface area contributed by atoms with Crippen LogP contribution in [0.3, 0.4) is 0 Å². The number of anilines is 2. The average molecular weight is 420 g/mol. The molecule has 28 heavy (non-hydrogen) atoms. The lowest BCUT2D eigenvalue weighted by atomic mass is 10.3. The van der Waals surface area contributed by atoms with Crippen molar-refractivity contribution in [3.63, 3.8) is 0 Å². The molecule has 1 saturated heterocycles. The van der Waals surface area contributed by atoms with Crippen LogP contribution in [-0.4, -0.2) is 41.1 Å². The van der Waals surface area contributed by atoms with Gasteiger partial charge in [0, 0.05) is 44.6 Å². The fourth-order valence-corrected chi connectivity index (χ4v) is 3.42. The molecule has 3 aromatic rings. The Hall–Kier alpha value is -2.64. The molecular formula is C19H16Cl2FN5O. The zero-order chi connectivity index (χ0) is 19.5. The highest BCUT2D eigenvalue weighted by molar-refractivity contribution is 6.36. The zero-order valence-electron chi connectivity index (χ0n) is 14.7. The fraction of sp³-hybridized carbons (Fsp3) is 0.211. The van der Waals surface area contributed by atoms with E-state index in [2.05, 4.69) is 24.8 Å². The molecule has 3 heterocycles. The fourth-order valence-electron chi connectivity index (χ4n) is 2.92. The molecule has 0 bridgehead atoms. The molecule has 1 fully saturated rings. The number of hydrogen-bond acceptors (Lipinski definition) is 6. The summed E-state index contributed by atoms with van der Waals surface area (Å²) in [5, 5.41) is 1.05. The van der Waals surface area contributed by atoms with Gasteiger partial charge in [0.25, 0.3) is 0 Å². The zero-order valence-corrected chi connectivity index (χ0v) is 16.2. The molecule has 0 saturated carbocycles. The van der Waals surface area contributed by atoms with Crippen molar-refractivity contribution in [3.05, 3.63) is 64.7 Å². The van der Waals surface area contributed by atoms with E-state index in [1.54, 1.807) is 36.7 Å². The summed E-state index contributed by atoms with van der Waals surface area (Å²) in [6.07, 6.45) is 3.24. The second-order valence-corrected chi connectivity index (χ2v) is 7.03. The highest BCUT2D eigenvalue weighted by Gasteiger charge is 2.22. The molecule has 1 aliphatic rings. The molecule has 1 aliphatic heterocycles. The van der Waals surface area contributed by atoms with Gasteiger partial charge in [-0.25, -0.2) is 14.4 Å². The van der Waals surface area contributed by atoms with Gasteiger partial charge in [0.2, 0.25) is 11.8 Å². The van der Waals surface area contributed by atoms with Gasteiger partial charge in [-0.2, -0.15) is 4.98 Å². The van der Waals surface area contributed by atoms with E-state index in [4.69, 9.17) is 27.9 Å². The quantitative estimate of drug-likeness (QED) is 0.622. The van der Waals surface area contributed by atoms with E-state index in [0.717, 1.165) is 18.9 Å². The maximum atomic E-state index is 13.0. The number of aromatic nitrogens is 3. The number of piperazine rings is 1. The highest BCUT2D eigenvalue weighted by Crippen LogP contribution is 2.27. The lowest BCUT2D eigenvalue weighted by Gasteiger charge is -2.35. The number of rotatable bonds is 4. The summed E-state index contributed by atoms with van der Waals surface area (Å²) in [6, 6.07) is 9.15. The third kappa shape index (κ3) is 4.26. The van der Waals surface area contributed by atoms with Gasteiger partial charge in [-0.15, -0.1) is 0 Å². The van der Waals surface area contributed by atoms with E-state index in [9.17, 15) is 4.39 Å². The number of halogens is 3. The van der Waals surface area contributed by atoms with Crippen LogP contribution in [0.25, 0.3) is 0 Å². The molecular weight excluding hydrogens is 404 g/mol. The second-order valence-electron chi connectivity index (χ2n) is 6.18. The Morgan fingerprint density at radius 2 is 1.64 bits per heavy atom. The van der Waals surface area contributed by atoms with Gasteiger partial charge in [0.1, 0.15) is 17.4 Å². The first kappa shape index (κ1) is 18.7. The molecule has 0 unspecified atom stereocenters. The smallest absolute Gasteiger partial charge is 0.228 e. The van der Waals surface area contributed by atoms with Crippen molar-refractivity contribution >= 4 is 35.0 Å². The van der Waals surface area contributed by atoms with E-state index < -0.39 is 0 Å². The largest absolute Gasteiger partial charge is 0.439 e. The van der Waals surface area contributed by atoms with Crippen LogP contribution >= 0.6 is 23.2 Å². The van der Waals surface area contributed by atoms with Crippen molar-refractivity contribution in [2.24, 2.45) is 0 Å². The SMILES string of the molecule is Fc1ccc(Oc2ccnc(N3CCN(c4ncc(Cl)cc4Cl)CC3)n2)cc1. The predicted molar refractivity (Wildman–Crippen MR) is 107 cm³/mol. The van der Waals surface area contributed by atoms with E-state index in [1.807, 2.05) is 0 Å². The van der Waals surface area contributed by atoms with Crippen LogP contribution in [0, 0.1) is 5.82 Å². The summed E-state index contributed by atoms with van der Waals surface area (Å²) in [5.74, 6) is 1.90. The molecule has 2 aromatic heterocycles. The van der Waals surface area contributed by atoms with Gasteiger partial charge < -0.3 is 14.5 Å². The number of hydrogen-bond donors (Lipinski definition) is 0. The van der Waals surface area contributed by atoms with Crippen LogP contribution in [0.15, 0.2) is 48.8 Å². The minimum Gasteiger partial charge on any atom is -0.439 e. The van der Waals surface area contributed by atoms with E-state index in [1.165, 1.54) is 12.1 Å². The van der Waals surface area contributed by atoms with Gasteiger partial charge in [0.05, 0.1) is 10.0 Å². The van der Waals surface area contributed by atoms with E-state index in [0.29, 0.717) is 40.7 Å². The van der Waals surface area contributed by atoms with Crippen LogP contribution in [0.5, 0.6) is 11.6 Å². The molecule has 0 radical (unpaired) electrons. The van der Waals surface area contributed by atoms with Crippen LogP contribution in [-0.2, 0) is 0 Å². The lowest BCUT2D eigenvalue weighted by molar-refractivity contribution is 0.458. The van der Waals surface area contributed by atoms with Crippen LogP contribution < -0.4 is 14.5 Å². The third-order valence-corrected chi connectivity index (χ3v) is 4.79. The van der Waals surface area contributed by atoms with Gasteiger partial charge in [-0.05, 0) is 30.3 Å². The highest BCUT2D eigenvalue weighted by atomic mass is 35.5. The maximum Gasteiger partial charge on any atom is 0.228 e. The molecule has 1 aromatic carbocycles. The normalized spacial score (nSPS) is 14.2. The van der Waals surface area contributed by atoms with Crippen LogP contribution in [0.4, 0.5) is 16.2 Å². The number of pyridine rings is 1. The molecule has 0 N–H and O–H groups in total. The molecule has 4 rings (SSSR count). The Balaban J connectivity index is 1.42. The third-order valence-electron chi connectivity index (χ3n) is 4.30. The van der Waals surface area contributed by atoms with Crippen LogP contribution in [0.1, 0.15) is 0 Å². The van der Waals surface area contributed by atoms with E-state index in [-0.39, 0.29) is 5.82 Å². The summed E-state index contributed by atoms with van der Waals surface area (Å²) < 4.78 is 18.7. The molecule has 0 spiro atoms. The van der Waals surface area contributed by atoms with Crippen molar-refractivity contribution in [2.75, 3.05) is 36.0 Å². The Kier molecular flexibility index (Phi) is 5.45. The van der Waals surface area contributed by atoms with Gasteiger partial charge >= 0.3 is 0 Å². The van der Waals surface area contributed by atoms with Crippen molar-refractivity contribution in [1.82, 2.24) is 15.0 Å². The van der Waals surface area contributed by atoms with Crippen molar-refractivity contribution in [2.45, 2.75) is 0 Å². The molecule has 144 valence electrons. The Morgan fingerprint density at radius 3 is 2.36 bits per heavy atom. The molecule has 9 heteroatoms. The first-order valence-electron chi connectivity index (χ1n) is 8.66. The number of benzene rings is 1. The first-order valence-corrected chi connectivity index (χ1v) is 9.41. The monoisotopic (exact) mass is 419 g/mol. The number of ether oxygens (including phenoxy) is 1. The Morgan fingerprint density at radius 1 is 0.929 bits per heavy atom. The summed E-state index contributed by atoms with van der Waals surface area (Å²) in [7, 11) is 0.